The Balaban J connectivity index is 2.29. The summed E-state index contributed by atoms with van der Waals surface area (Å²) in [5.41, 5.74) is 0.522. The molecule has 0 amide bonds. The Labute approximate surface area is 79.6 Å². The van der Waals surface area contributed by atoms with Gasteiger partial charge in [-0.3, -0.25) is 0 Å². The molecular formula is C11H17NO. The third kappa shape index (κ3) is 4.53. The van der Waals surface area contributed by atoms with Crippen LogP contribution in [0.5, 0.6) is 0 Å². The molecule has 0 aromatic heterocycles. The Morgan fingerprint density at radius 2 is 1.85 bits per heavy atom. The van der Waals surface area contributed by atoms with Crippen LogP contribution in [-0.2, 0) is 0 Å². The number of para-hydroxylation sites is 1. The first-order valence-corrected chi connectivity index (χ1v) is 4.59. The largest absolute Gasteiger partial charge is 0.390 e. The van der Waals surface area contributed by atoms with E-state index in [2.05, 4.69) is 5.32 Å². The first kappa shape index (κ1) is 10.1. The van der Waals surface area contributed by atoms with Crippen molar-refractivity contribution in [3.05, 3.63) is 30.3 Å². The van der Waals surface area contributed by atoms with Crippen LogP contribution in [0.4, 0.5) is 5.69 Å². The standard InChI is InChI=1S/C11H17NO/c1-11(2,13)8-9-12-10-6-4-3-5-7-10/h3-7,12-13H,8-9H2,1-2H3. The van der Waals surface area contributed by atoms with Crippen molar-refractivity contribution in [2.24, 2.45) is 0 Å². The molecule has 0 saturated carbocycles. The van der Waals surface area contributed by atoms with Crippen LogP contribution in [0.1, 0.15) is 20.3 Å². The summed E-state index contributed by atoms with van der Waals surface area (Å²) in [6.45, 7) is 4.44. The van der Waals surface area contributed by atoms with E-state index in [1.807, 2.05) is 44.2 Å². The Kier molecular flexibility index (Phi) is 3.32. The molecule has 72 valence electrons. The molecule has 0 aliphatic carbocycles. The van der Waals surface area contributed by atoms with Crippen molar-refractivity contribution >= 4 is 5.69 Å². The highest BCUT2D eigenvalue weighted by atomic mass is 16.3. The van der Waals surface area contributed by atoms with Gasteiger partial charge < -0.3 is 10.4 Å². The number of nitrogens with one attached hydrogen (secondary N) is 1. The van der Waals surface area contributed by atoms with Gasteiger partial charge in [0.05, 0.1) is 5.60 Å². The molecular weight excluding hydrogens is 162 g/mol. The van der Waals surface area contributed by atoms with Crippen molar-refractivity contribution in [2.75, 3.05) is 11.9 Å². The van der Waals surface area contributed by atoms with E-state index in [9.17, 15) is 5.11 Å². The lowest BCUT2D eigenvalue weighted by atomic mass is 10.1. The molecule has 1 rings (SSSR count). The van der Waals surface area contributed by atoms with Gasteiger partial charge >= 0.3 is 0 Å². The molecule has 0 heterocycles. The van der Waals surface area contributed by atoms with Crippen molar-refractivity contribution < 1.29 is 5.11 Å². The molecule has 0 fully saturated rings. The van der Waals surface area contributed by atoms with Gasteiger partial charge in [0.15, 0.2) is 0 Å². The number of aliphatic hydroxyl groups is 1. The molecule has 1 aromatic rings. The Hall–Kier alpha value is -1.02. The highest BCUT2D eigenvalue weighted by Gasteiger charge is 2.10. The Morgan fingerprint density at radius 3 is 2.38 bits per heavy atom. The fourth-order valence-electron chi connectivity index (χ4n) is 1.07. The lowest BCUT2D eigenvalue weighted by molar-refractivity contribution is 0.0749. The predicted molar refractivity (Wildman–Crippen MR) is 55.8 cm³/mol. The summed E-state index contributed by atoms with van der Waals surface area (Å²) in [4.78, 5) is 0. The van der Waals surface area contributed by atoms with Crippen molar-refractivity contribution in [2.45, 2.75) is 25.9 Å². The van der Waals surface area contributed by atoms with E-state index in [1.165, 1.54) is 0 Å². The molecule has 0 aliphatic rings. The van der Waals surface area contributed by atoms with Crippen LogP contribution in [0.25, 0.3) is 0 Å². The monoisotopic (exact) mass is 179 g/mol. The maximum atomic E-state index is 9.46. The summed E-state index contributed by atoms with van der Waals surface area (Å²) in [6, 6.07) is 10.0. The second kappa shape index (κ2) is 4.28. The molecule has 0 saturated heterocycles. The van der Waals surface area contributed by atoms with Crippen LogP contribution in [0.15, 0.2) is 30.3 Å². The zero-order valence-corrected chi connectivity index (χ0v) is 8.25. The van der Waals surface area contributed by atoms with Crippen LogP contribution < -0.4 is 5.32 Å². The van der Waals surface area contributed by atoms with Gasteiger partial charge in [-0.05, 0) is 32.4 Å². The highest BCUT2D eigenvalue weighted by molar-refractivity contribution is 5.42. The second-order valence-electron chi connectivity index (χ2n) is 3.86. The SMILES string of the molecule is CC(C)(O)CCNc1ccccc1. The normalized spacial score (nSPS) is 11.3. The van der Waals surface area contributed by atoms with Gasteiger partial charge in [-0.2, -0.15) is 0 Å². The van der Waals surface area contributed by atoms with Crippen molar-refractivity contribution in [3.8, 4) is 0 Å². The van der Waals surface area contributed by atoms with Gasteiger partial charge in [0.2, 0.25) is 0 Å². The summed E-state index contributed by atoms with van der Waals surface area (Å²) < 4.78 is 0. The molecule has 0 bridgehead atoms. The molecule has 0 unspecified atom stereocenters. The van der Waals surface area contributed by atoms with Gasteiger partial charge in [-0.25, -0.2) is 0 Å². The van der Waals surface area contributed by atoms with Crippen molar-refractivity contribution in [1.82, 2.24) is 0 Å². The fraction of sp³-hybridized carbons (Fsp3) is 0.455. The van der Waals surface area contributed by atoms with E-state index >= 15 is 0 Å². The zero-order valence-electron chi connectivity index (χ0n) is 8.25. The maximum absolute atomic E-state index is 9.46. The van der Waals surface area contributed by atoms with Crippen LogP contribution >= 0.6 is 0 Å². The van der Waals surface area contributed by atoms with E-state index in [-0.39, 0.29) is 0 Å². The number of rotatable bonds is 4. The van der Waals surface area contributed by atoms with Crippen LogP contribution in [0.2, 0.25) is 0 Å². The topological polar surface area (TPSA) is 32.3 Å². The number of hydrogen-bond donors (Lipinski definition) is 2. The van der Waals surface area contributed by atoms with E-state index in [1.54, 1.807) is 0 Å². The van der Waals surface area contributed by atoms with Gasteiger partial charge in [-0.1, -0.05) is 18.2 Å². The molecule has 2 heteroatoms. The molecule has 1 aromatic carbocycles. The van der Waals surface area contributed by atoms with Gasteiger partial charge in [0.1, 0.15) is 0 Å². The first-order valence-electron chi connectivity index (χ1n) is 4.59. The van der Waals surface area contributed by atoms with Crippen LogP contribution in [-0.4, -0.2) is 17.3 Å². The summed E-state index contributed by atoms with van der Waals surface area (Å²) in [7, 11) is 0. The molecule has 2 N–H and O–H groups in total. The molecule has 0 radical (unpaired) electrons. The third-order valence-electron chi connectivity index (χ3n) is 1.84. The molecule has 0 aliphatic heterocycles. The van der Waals surface area contributed by atoms with E-state index in [0.717, 1.165) is 18.7 Å². The lowest BCUT2D eigenvalue weighted by Crippen LogP contribution is -2.22. The number of hydrogen-bond acceptors (Lipinski definition) is 2. The minimum Gasteiger partial charge on any atom is -0.390 e. The smallest absolute Gasteiger partial charge is 0.0608 e. The van der Waals surface area contributed by atoms with Gasteiger partial charge in [-0.15, -0.1) is 0 Å². The van der Waals surface area contributed by atoms with E-state index in [0.29, 0.717) is 0 Å². The van der Waals surface area contributed by atoms with E-state index < -0.39 is 5.60 Å². The van der Waals surface area contributed by atoms with E-state index in [4.69, 9.17) is 0 Å². The quantitative estimate of drug-likeness (QED) is 0.743. The van der Waals surface area contributed by atoms with Gasteiger partial charge in [0.25, 0.3) is 0 Å². The summed E-state index contributed by atoms with van der Waals surface area (Å²) in [6.07, 6.45) is 0.752. The molecule has 0 spiro atoms. The maximum Gasteiger partial charge on any atom is 0.0608 e. The fourth-order valence-corrected chi connectivity index (χ4v) is 1.07. The second-order valence-corrected chi connectivity index (χ2v) is 3.86. The number of benzene rings is 1. The average molecular weight is 179 g/mol. The summed E-state index contributed by atoms with van der Waals surface area (Å²) >= 11 is 0. The highest BCUT2D eigenvalue weighted by Crippen LogP contribution is 2.09. The minimum absolute atomic E-state index is 0.582. The zero-order chi connectivity index (χ0) is 9.73. The molecule has 0 atom stereocenters. The van der Waals surface area contributed by atoms with Crippen molar-refractivity contribution in [1.29, 1.82) is 0 Å². The van der Waals surface area contributed by atoms with Crippen molar-refractivity contribution in [3.63, 3.8) is 0 Å². The third-order valence-corrected chi connectivity index (χ3v) is 1.84. The molecule has 13 heavy (non-hydrogen) atoms. The lowest BCUT2D eigenvalue weighted by Gasteiger charge is -2.17. The van der Waals surface area contributed by atoms with Gasteiger partial charge in [0, 0.05) is 12.2 Å². The van der Waals surface area contributed by atoms with Crippen LogP contribution in [0, 0.1) is 0 Å². The average Bonchev–Trinajstić information content (AvgIpc) is 2.04. The molecule has 2 nitrogen and oxygen atoms in total. The Morgan fingerprint density at radius 1 is 1.23 bits per heavy atom. The first-order chi connectivity index (χ1) is 6.08. The Bertz CT molecular complexity index is 238. The minimum atomic E-state index is -0.582. The number of anilines is 1. The predicted octanol–water partition coefficient (Wildman–Crippen LogP) is 2.26. The van der Waals surface area contributed by atoms with Crippen LogP contribution in [0.3, 0.4) is 0 Å². The summed E-state index contributed by atoms with van der Waals surface area (Å²) in [5, 5.41) is 12.7. The summed E-state index contributed by atoms with van der Waals surface area (Å²) in [5.74, 6) is 0.